The standard InChI is InChI=1S/C13H10N2OS/c1-15-8-14-12-11(13(15)16)10(7-17-12)9-5-3-2-4-6-9/h2-8H,1H3. The van der Waals surface area contributed by atoms with Crippen LogP contribution in [0.3, 0.4) is 0 Å². The van der Waals surface area contributed by atoms with Gasteiger partial charge in [-0.05, 0) is 5.56 Å². The number of aryl methyl sites for hydroxylation is 1. The van der Waals surface area contributed by atoms with Crippen molar-refractivity contribution in [2.45, 2.75) is 0 Å². The fraction of sp³-hybridized carbons (Fsp3) is 0.0769. The van der Waals surface area contributed by atoms with Gasteiger partial charge in [0, 0.05) is 18.0 Å². The SMILES string of the molecule is Cn1cnc2scc(-c3ccccc3)c2c1=O. The summed E-state index contributed by atoms with van der Waals surface area (Å²) in [7, 11) is 1.72. The van der Waals surface area contributed by atoms with Crippen molar-refractivity contribution in [1.29, 1.82) is 0 Å². The molecule has 0 fully saturated rings. The van der Waals surface area contributed by atoms with Crippen molar-refractivity contribution in [1.82, 2.24) is 9.55 Å². The Bertz CT molecular complexity index is 728. The van der Waals surface area contributed by atoms with E-state index in [0.29, 0.717) is 5.39 Å². The second-order valence-corrected chi connectivity index (χ2v) is 4.71. The molecular formula is C13H10N2OS. The normalized spacial score (nSPS) is 10.9. The fourth-order valence-electron chi connectivity index (χ4n) is 1.85. The van der Waals surface area contributed by atoms with E-state index in [1.165, 1.54) is 15.9 Å². The van der Waals surface area contributed by atoms with E-state index < -0.39 is 0 Å². The monoisotopic (exact) mass is 242 g/mol. The first-order valence-corrected chi connectivity index (χ1v) is 6.13. The molecule has 0 saturated heterocycles. The van der Waals surface area contributed by atoms with Crippen molar-refractivity contribution in [2.24, 2.45) is 7.05 Å². The zero-order valence-electron chi connectivity index (χ0n) is 9.25. The summed E-state index contributed by atoms with van der Waals surface area (Å²) in [5.74, 6) is 0. The highest BCUT2D eigenvalue weighted by Gasteiger charge is 2.11. The topological polar surface area (TPSA) is 34.9 Å². The molecule has 0 atom stereocenters. The number of hydrogen-bond donors (Lipinski definition) is 0. The number of nitrogens with zero attached hydrogens (tertiary/aromatic N) is 2. The third-order valence-corrected chi connectivity index (χ3v) is 3.63. The number of aromatic nitrogens is 2. The van der Waals surface area contributed by atoms with Crippen molar-refractivity contribution >= 4 is 21.6 Å². The molecule has 0 aliphatic heterocycles. The third-order valence-electron chi connectivity index (χ3n) is 2.74. The molecule has 3 rings (SSSR count). The zero-order valence-corrected chi connectivity index (χ0v) is 10.1. The van der Waals surface area contributed by atoms with Crippen LogP contribution >= 0.6 is 11.3 Å². The van der Waals surface area contributed by atoms with Crippen LogP contribution < -0.4 is 5.56 Å². The summed E-state index contributed by atoms with van der Waals surface area (Å²) in [6.45, 7) is 0. The Labute approximate surface area is 102 Å². The molecule has 0 unspecified atom stereocenters. The van der Waals surface area contributed by atoms with Gasteiger partial charge in [-0.2, -0.15) is 0 Å². The largest absolute Gasteiger partial charge is 0.302 e. The second kappa shape index (κ2) is 3.82. The molecule has 2 heterocycles. The maximum absolute atomic E-state index is 12.1. The fourth-order valence-corrected chi connectivity index (χ4v) is 2.75. The van der Waals surface area contributed by atoms with E-state index in [-0.39, 0.29) is 5.56 Å². The Morgan fingerprint density at radius 1 is 1.24 bits per heavy atom. The van der Waals surface area contributed by atoms with E-state index >= 15 is 0 Å². The molecule has 0 amide bonds. The molecule has 1 aromatic carbocycles. The zero-order chi connectivity index (χ0) is 11.8. The van der Waals surface area contributed by atoms with Crippen LogP contribution in [-0.2, 0) is 7.05 Å². The lowest BCUT2D eigenvalue weighted by Gasteiger charge is -2.00. The highest BCUT2D eigenvalue weighted by Crippen LogP contribution is 2.30. The number of benzene rings is 1. The smallest absolute Gasteiger partial charge is 0.262 e. The van der Waals surface area contributed by atoms with Crippen LogP contribution in [0, 0.1) is 0 Å². The molecule has 0 bridgehead atoms. The van der Waals surface area contributed by atoms with E-state index in [4.69, 9.17) is 0 Å². The minimum atomic E-state index is 0.00935. The van der Waals surface area contributed by atoms with Crippen LogP contribution in [0.4, 0.5) is 0 Å². The van der Waals surface area contributed by atoms with Crippen LogP contribution in [0.1, 0.15) is 0 Å². The highest BCUT2D eigenvalue weighted by molar-refractivity contribution is 7.17. The summed E-state index contributed by atoms with van der Waals surface area (Å²) in [6, 6.07) is 9.93. The van der Waals surface area contributed by atoms with Crippen molar-refractivity contribution in [3.05, 3.63) is 52.4 Å². The maximum Gasteiger partial charge on any atom is 0.262 e. The summed E-state index contributed by atoms with van der Waals surface area (Å²) in [6.07, 6.45) is 1.57. The van der Waals surface area contributed by atoms with Gasteiger partial charge in [-0.15, -0.1) is 11.3 Å². The lowest BCUT2D eigenvalue weighted by atomic mass is 10.1. The molecular weight excluding hydrogens is 232 g/mol. The van der Waals surface area contributed by atoms with E-state index in [0.717, 1.165) is 16.0 Å². The quantitative estimate of drug-likeness (QED) is 0.657. The Morgan fingerprint density at radius 2 is 2.00 bits per heavy atom. The number of rotatable bonds is 1. The van der Waals surface area contributed by atoms with Crippen LogP contribution in [0.5, 0.6) is 0 Å². The van der Waals surface area contributed by atoms with E-state index in [1.807, 2.05) is 35.7 Å². The number of thiophene rings is 1. The van der Waals surface area contributed by atoms with Gasteiger partial charge in [0.1, 0.15) is 4.83 Å². The van der Waals surface area contributed by atoms with E-state index in [9.17, 15) is 4.79 Å². The molecule has 17 heavy (non-hydrogen) atoms. The summed E-state index contributed by atoms with van der Waals surface area (Å²) in [4.78, 5) is 17.2. The highest BCUT2D eigenvalue weighted by atomic mass is 32.1. The maximum atomic E-state index is 12.1. The first kappa shape index (κ1) is 10.2. The van der Waals surface area contributed by atoms with Crippen LogP contribution in [0.25, 0.3) is 21.3 Å². The number of fused-ring (bicyclic) bond motifs is 1. The van der Waals surface area contributed by atoms with Gasteiger partial charge >= 0.3 is 0 Å². The van der Waals surface area contributed by atoms with Gasteiger partial charge in [0.2, 0.25) is 0 Å². The molecule has 0 aliphatic rings. The third kappa shape index (κ3) is 1.57. The summed E-state index contributed by atoms with van der Waals surface area (Å²) in [5.41, 5.74) is 2.04. The van der Waals surface area contributed by atoms with Crippen molar-refractivity contribution in [2.75, 3.05) is 0 Å². The van der Waals surface area contributed by atoms with Gasteiger partial charge in [-0.1, -0.05) is 30.3 Å². The lowest BCUT2D eigenvalue weighted by Crippen LogP contribution is -2.16. The van der Waals surface area contributed by atoms with Crippen LogP contribution in [-0.4, -0.2) is 9.55 Å². The van der Waals surface area contributed by atoms with Gasteiger partial charge in [-0.3, -0.25) is 4.79 Å². The van der Waals surface area contributed by atoms with Crippen LogP contribution in [0.2, 0.25) is 0 Å². The van der Waals surface area contributed by atoms with Gasteiger partial charge in [-0.25, -0.2) is 4.98 Å². The van der Waals surface area contributed by atoms with Crippen molar-refractivity contribution < 1.29 is 0 Å². The average molecular weight is 242 g/mol. The van der Waals surface area contributed by atoms with Gasteiger partial charge in [0.15, 0.2) is 0 Å². The first-order chi connectivity index (χ1) is 8.27. The second-order valence-electron chi connectivity index (χ2n) is 3.86. The molecule has 4 heteroatoms. The minimum Gasteiger partial charge on any atom is -0.302 e. The predicted molar refractivity (Wildman–Crippen MR) is 70.3 cm³/mol. The Balaban J connectivity index is 2.39. The Kier molecular flexibility index (Phi) is 2.30. The number of hydrogen-bond acceptors (Lipinski definition) is 3. The lowest BCUT2D eigenvalue weighted by molar-refractivity contribution is 0.845. The van der Waals surface area contributed by atoms with Gasteiger partial charge in [0.25, 0.3) is 5.56 Å². The van der Waals surface area contributed by atoms with Crippen molar-refractivity contribution in [3.8, 4) is 11.1 Å². The molecule has 3 nitrogen and oxygen atoms in total. The molecule has 0 N–H and O–H groups in total. The summed E-state index contributed by atoms with van der Waals surface area (Å²) < 4.78 is 1.52. The molecule has 0 saturated carbocycles. The Morgan fingerprint density at radius 3 is 2.76 bits per heavy atom. The van der Waals surface area contributed by atoms with Crippen molar-refractivity contribution in [3.63, 3.8) is 0 Å². The van der Waals surface area contributed by atoms with Crippen LogP contribution in [0.15, 0.2) is 46.8 Å². The minimum absolute atomic E-state index is 0.00935. The molecule has 0 aliphatic carbocycles. The van der Waals surface area contributed by atoms with Gasteiger partial charge < -0.3 is 4.57 Å². The molecule has 84 valence electrons. The van der Waals surface area contributed by atoms with E-state index in [2.05, 4.69) is 4.98 Å². The first-order valence-electron chi connectivity index (χ1n) is 5.25. The summed E-state index contributed by atoms with van der Waals surface area (Å²) in [5, 5.41) is 2.71. The predicted octanol–water partition coefficient (Wildman–Crippen LogP) is 2.66. The molecule has 3 aromatic rings. The van der Waals surface area contributed by atoms with Gasteiger partial charge in [0.05, 0.1) is 11.7 Å². The van der Waals surface area contributed by atoms with E-state index in [1.54, 1.807) is 13.4 Å². The Hall–Kier alpha value is -1.94. The molecule has 0 spiro atoms. The average Bonchev–Trinajstić information content (AvgIpc) is 2.79. The molecule has 0 radical (unpaired) electrons. The summed E-state index contributed by atoms with van der Waals surface area (Å²) >= 11 is 1.51. The molecule has 2 aromatic heterocycles.